The molecule has 2 atom stereocenters. The van der Waals surface area contributed by atoms with E-state index < -0.39 is 39.4 Å². The van der Waals surface area contributed by atoms with Gasteiger partial charge in [-0.05, 0) is 0 Å². The van der Waals surface area contributed by atoms with Gasteiger partial charge in [0, 0.05) is 0 Å². The van der Waals surface area contributed by atoms with Crippen molar-refractivity contribution in [1.29, 1.82) is 0 Å². The third kappa shape index (κ3) is 7.58. The molecule has 0 bridgehead atoms. The van der Waals surface area contributed by atoms with E-state index in [0.717, 1.165) is 23.0 Å². The molecule has 2 unspecified atom stereocenters. The molecule has 6 aromatic rings. The second-order valence-electron chi connectivity index (χ2n) is 16.4. The number of fused-ring (bicyclic) bond motifs is 2. The summed E-state index contributed by atoms with van der Waals surface area (Å²) in [4.78, 5) is 0. The maximum Gasteiger partial charge on any atom is -1.00 e. The van der Waals surface area contributed by atoms with Gasteiger partial charge in [-0.2, -0.15) is 0 Å². The third-order valence-electron chi connectivity index (χ3n) is 10.6. The largest absolute Gasteiger partial charge is 1.00 e. The fourth-order valence-corrected chi connectivity index (χ4v) is 14.2. The van der Waals surface area contributed by atoms with E-state index in [1.807, 2.05) is 0 Å². The number of allylic oxidation sites excluding steroid dienone is 2. The van der Waals surface area contributed by atoms with Gasteiger partial charge in [-0.3, -0.25) is 0 Å². The summed E-state index contributed by atoms with van der Waals surface area (Å²) in [6.45, 7) is 18.6. The fraction of sp³-hybridized carbons (Fsp3) is 0.217. The Morgan fingerprint density at radius 3 is 1.17 bits per heavy atom. The number of hydrogen-bond acceptors (Lipinski definition) is 2. The Hall–Kier alpha value is -3.18. The molecule has 0 radical (unpaired) electrons. The summed E-state index contributed by atoms with van der Waals surface area (Å²) in [7, 11) is -2.78. The van der Waals surface area contributed by atoms with Crippen molar-refractivity contribution in [3.63, 3.8) is 0 Å². The molecule has 2 aromatic heterocycles. The van der Waals surface area contributed by atoms with Gasteiger partial charge in [0.1, 0.15) is 0 Å². The molecule has 2 nitrogen and oxygen atoms in total. The molecule has 0 amide bonds. The predicted molar refractivity (Wildman–Crippen MR) is 216 cm³/mol. The van der Waals surface area contributed by atoms with Crippen LogP contribution < -0.4 is 35.2 Å². The van der Waals surface area contributed by atoms with Gasteiger partial charge in [0.25, 0.3) is 0 Å². The molecule has 2 aliphatic carbocycles. The van der Waals surface area contributed by atoms with Crippen LogP contribution in [0, 0.1) is 13.8 Å². The zero-order chi connectivity index (χ0) is 35.7. The summed E-state index contributed by atoms with van der Waals surface area (Å²) >= 11 is -1.35. The molecule has 0 N–H and O–H groups in total. The van der Waals surface area contributed by atoms with Crippen LogP contribution in [-0.2, 0) is 23.2 Å². The number of aryl methyl sites for hydroxylation is 2. The second-order valence-corrected chi connectivity index (χ2v) is 30.0. The summed E-state index contributed by atoms with van der Waals surface area (Å²) in [5, 5.41) is 2.98. The molecule has 0 spiro atoms. The van der Waals surface area contributed by atoms with Crippen LogP contribution >= 0.6 is 0 Å². The van der Waals surface area contributed by atoms with Crippen molar-refractivity contribution in [2.75, 3.05) is 0 Å². The molecule has 53 heavy (non-hydrogen) atoms. The van der Waals surface area contributed by atoms with Gasteiger partial charge in [0.15, 0.2) is 0 Å². The Morgan fingerprint density at radius 2 is 0.849 bits per heavy atom. The zero-order valence-corrected chi connectivity index (χ0v) is 37.7. The molecule has 0 saturated carbocycles. The Balaban J connectivity index is 0.00000240. The van der Waals surface area contributed by atoms with Crippen molar-refractivity contribution < 1.29 is 56.9 Å². The molecule has 4 aromatic carbocycles. The molecular formula is C46H46Cl2O2Si2Zr. The smallest absolute Gasteiger partial charge is 1.00 e. The summed E-state index contributed by atoms with van der Waals surface area (Å²) in [5.41, 5.74) is 10.6. The number of furan rings is 2. The Bertz CT molecular complexity index is 2170. The first-order chi connectivity index (χ1) is 24.3. The number of halogens is 2. The normalized spacial score (nSPS) is 16.2. The first kappa shape index (κ1) is 39.5. The minimum atomic E-state index is -1.39. The van der Waals surface area contributed by atoms with E-state index >= 15 is 0 Å². The average molecular weight is 849 g/mol. The summed E-state index contributed by atoms with van der Waals surface area (Å²) < 4.78 is 16.0. The molecule has 2 aliphatic rings. The average Bonchev–Trinajstić information content (AvgIpc) is 3.88. The van der Waals surface area contributed by atoms with E-state index in [4.69, 9.17) is 8.83 Å². The van der Waals surface area contributed by atoms with E-state index in [9.17, 15) is 0 Å². The zero-order valence-electron chi connectivity index (χ0n) is 31.8. The van der Waals surface area contributed by atoms with Gasteiger partial charge >= 0.3 is 319 Å². The van der Waals surface area contributed by atoms with E-state index in [1.54, 1.807) is 0 Å². The maximum atomic E-state index is 6.46. The standard InChI is InChI=1S/2C23H23OSi.2ClH.Zr/c2*1-16-8-15-23(24-16)22-14-13-21-19(6-5-7-20(21)22)17-9-11-18(12-10-17)25(2,3)4;;;/h2*5-13,15,22H,1-4H3;2*1H;/q;;;;+2/p-2. The van der Waals surface area contributed by atoms with Crippen molar-refractivity contribution in [2.24, 2.45) is 0 Å². The number of benzene rings is 4. The summed E-state index contributed by atoms with van der Waals surface area (Å²) in [6, 6.07) is 41.2. The van der Waals surface area contributed by atoms with Crippen molar-refractivity contribution in [3.8, 4) is 22.3 Å². The first-order valence-electron chi connectivity index (χ1n) is 18.2. The van der Waals surface area contributed by atoms with Crippen LogP contribution in [0.3, 0.4) is 0 Å². The third-order valence-corrected chi connectivity index (χ3v) is 18.3. The van der Waals surface area contributed by atoms with Crippen LogP contribution in [-0.4, -0.2) is 16.1 Å². The van der Waals surface area contributed by atoms with Gasteiger partial charge in [0.2, 0.25) is 0 Å². The summed E-state index contributed by atoms with van der Waals surface area (Å²) in [5.74, 6) is 4.27. The molecule has 268 valence electrons. The van der Waals surface area contributed by atoms with E-state index in [0.29, 0.717) is 0 Å². The van der Waals surface area contributed by atoms with Crippen LogP contribution in [0.5, 0.6) is 0 Å². The molecule has 0 saturated heterocycles. The summed E-state index contributed by atoms with van der Waals surface area (Å²) in [6.07, 6.45) is 5.08. The van der Waals surface area contributed by atoms with E-state index in [1.165, 1.54) is 61.4 Å². The second kappa shape index (κ2) is 15.2. The SMILES string of the molecule is Cc1ccc(C2[C]([Zr+2][C]3=Cc4c(-c5ccc([Si](C)(C)C)cc5)cccc4C3c3ccc(C)o3)=Cc3c(-c4ccc([Si](C)(C)C)cc4)cccc32)o1.[Cl-].[Cl-]. The fourth-order valence-electron chi connectivity index (χ4n) is 7.82. The maximum absolute atomic E-state index is 6.46. The predicted octanol–water partition coefficient (Wildman–Crippen LogP) is 5.68. The molecule has 2 heterocycles. The monoisotopic (exact) mass is 846 g/mol. The van der Waals surface area contributed by atoms with Crippen LogP contribution in [0.25, 0.3) is 34.4 Å². The quantitative estimate of drug-likeness (QED) is 0.185. The van der Waals surface area contributed by atoms with Crippen LogP contribution in [0.4, 0.5) is 0 Å². The van der Waals surface area contributed by atoms with Crippen LogP contribution in [0.2, 0.25) is 39.3 Å². The molecule has 8 rings (SSSR count). The van der Waals surface area contributed by atoms with Gasteiger partial charge in [-0.15, -0.1) is 0 Å². The van der Waals surface area contributed by atoms with Gasteiger partial charge in [-0.1, -0.05) is 0 Å². The number of hydrogen-bond donors (Lipinski definition) is 0. The Morgan fingerprint density at radius 1 is 0.472 bits per heavy atom. The van der Waals surface area contributed by atoms with Gasteiger partial charge < -0.3 is 24.8 Å². The topological polar surface area (TPSA) is 26.3 Å². The Labute approximate surface area is 341 Å². The van der Waals surface area contributed by atoms with Crippen molar-refractivity contribution in [3.05, 3.63) is 161 Å². The van der Waals surface area contributed by atoms with Crippen LogP contribution in [0.1, 0.15) is 57.1 Å². The molecule has 7 heteroatoms. The van der Waals surface area contributed by atoms with Gasteiger partial charge in [-0.25, -0.2) is 0 Å². The van der Waals surface area contributed by atoms with E-state index in [-0.39, 0.29) is 36.6 Å². The molecule has 0 fully saturated rings. The number of rotatable bonds is 8. The van der Waals surface area contributed by atoms with Crippen LogP contribution in [0.15, 0.2) is 125 Å². The van der Waals surface area contributed by atoms with Crippen molar-refractivity contribution in [2.45, 2.75) is 65.0 Å². The van der Waals surface area contributed by atoms with Crippen molar-refractivity contribution in [1.82, 2.24) is 0 Å². The molecular weight excluding hydrogens is 803 g/mol. The van der Waals surface area contributed by atoms with Crippen molar-refractivity contribution >= 4 is 38.7 Å². The minimum absolute atomic E-state index is 0. The van der Waals surface area contributed by atoms with Gasteiger partial charge in [0.05, 0.1) is 0 Å². The first-order valence-corrected chi connectivity index (χ1v) is 27.6. The minimum Gasteiger partial charge on any atom is -1.00 e. The Kier molecular flexibility index (Phi) is 11.3. The molecule has 0 aliphatic heterocycles. The van der Waals surface area contributed by atoms with E-state index in [2.05, 4.69) is 174 Å².